The van der Waals surface area contributed by atoms with Gasteiger partial charge in [0.2, 0.25) is 0 Å². The van der Waals surface area contributed by atoms with Gasteiger partial charge in [0, 0.05) is 24.4 Å². The van der Waals surface area contributed by atoms with E-state index in [2.05, 4.69) is 28.5 Å². The fourth-order valence-corrected chi connectivity index (χ4v) is 8.29. The summed E-state index contributed by atoms with van der Waals surface area (Å²) < 4.78 is 0. The number of aromatic nitrogens is 1. The third kappa shape index (κ3) is 4.38. The zero-order valence-corrected chi connectivity index (χ0v) is 22.2. The molecule has 0 saturated heterocycles. The molecule has 0 aliphatic heterocycles. The number of aliphatic hydroxyl groups is 3. The fraction of sp³-hybridized carbons (Fsp3) is 0.655. The molecule has 0 aromatic carbocycles. The van der Waals surface area contributed by atoms with Crippen molar-refractivity contribution in [1.82, 2.24) is 10.3 Å². The molecule has 1 heterocycles. The standard InChI is InChI=1S/C29H39N3O6/c1-27-9-5-20(32-38-17-25(36)31-15-18-7-11-30-12-8-18)13-19(27)3-4-21-22-6-10-29(37,24(35)16-33)28(22,2)14-23(34)26(21)27/h7-8,11-13,21-23,26,33-34,37H,3-6,9-10,14-17H2,1-2H3,(H,31,36)/b32-20+/t21-,22+,23+,26+,27+,28+,29+/m1/s1. The van der Waals surface area contributed by atoms with Gasteiger partial charge in [0.1, 0.15) is 12.2 Å². The number of carbonyl (C=O) groups is 2. The first-order chi connectivity index (χ1) is 18.1. The lowest BCUT2D eigenvalue weighted by molar-refractivity contribution is -0.181. The molecule has 9 heteroatoms. The molecule has 38 heavy (non-hydrogen) atoms. The van der Waals surface area contributed by atoms with Crippen molar-refractivity contribution in [3.63, 3.8) is 0 Å². The highest BCUT2D eigenvalue weighted by atomic mass is 16.6. The second-order valence-electron chi connectivity index (χ2n) is 12.1. The topological polar surface area (TPSA) is 141 Å². The summed E-state index contributed by atoms with van der Waals surface area (Å²) in [5.74, 6) is -0.414. The predicted octanol–water partition coefficient (Wildman–Crippen LogP) is 2.30. The Hall–Kier alpha value is -2.62. The molecular formula is C29H39N3O6. The van der Waals surface area contributed by atoms with Gasteiger partial charge in [0.05, 0.1) is 11.8 Å². The molecule has 3 saturated carbocycles. The number of carbonyl (C=O) groups excluding carboxylic acids is 2. The van der Waals surface area contributed by atoms with Crippen LogP contribution in [0.15, 0.2) is 41.3 Å². The molecule has 7 atom stereocenters. The number of oxime groups is 1. The van der Waals surface area contributed by atoms with Crippen LogP contribution in [0.1, 0.15) is 64.4 Å². The SMILES string of the molecule is C[C@]12CC/C(=N\OCC(=O)NCc3ccncc3)C=C1CC[C@H]1[C@H]2[C@@H](O)C[C@@]2(C)[C@H]1CC[C@]2(O)C(=O)CO. The maximum Gasteiger partial charge on any atom is 0.261 e. The fourth-order valence-electron chi connectivity index (χ4n) is 8.29. The Morgan fingerprint density at radius 1 is 1.18 bits per heavy atom. The molecule has 4 aliphatic carbocycles. The van der Waals surface area contributed by atoms with Gasteiger partial charge < -0.3 is 25.5 Å². The maximum absolute atomic E-state index is 12.6. The van der Waals surface area contributed by atoms with Crippen molar-refractivity contribution >= 4 is 17.4 Å². The van der Waals surface area contributed by atoms with Gasteiger partial charge in [-0.15, -0.1) is 0 Å². The Morgan fingerprint density at radius 3 is 2.68 bits per heavy atom. The monoisotopic (exact) mass is 525 g/mol. The summed E-state index contributed by atoms with van der Waals surface area (Å²) >= 11 is 0. The van der Waals surface area contributed by atoms with E-state index in [-0.39, 0.29) is 35.7 Å². The number of rotatable bonds is 7. The van der Waals surface area contributed by atoms with E-state index in [1.54, 1.807) is 12.4 Å². The Morgan fingerprint density at radius 2 is 1.95 bits per heavy atom. The Labute approximate surface area is 223 Å². The van der Waals surface area contributed by atoms with Crippen molar-refractivity contribution in [2.24, 2.45) is 33.7 Å². The summed E-state index contributed by atoms with van der Waals surface area (Å²) in [5.41, 5.74) is 0.487. The molecule has 0 bridgehead atoms. The summed E-state index contributed by atoms with van der Waals surface area (Å²) in [7, 11) is 0. The van der Waals surface area contributed by atoms with E-state index in [4.69, 9.17) is 4.84 Å². The average Bonchev–Trinajstić information content (AvgIpc) is 3.18. The quantitative estimate of drug-likeness (QED) is 0.400. The number of nitrogens with one attached hydrogen (secondary N) is 1. The van der Waals surface area contributed by atoms with Crippen molar-refractivity contribution < 1.29 is 29.7 Å². The molecule has 4 aliphatic rings. The van der Waals surface area contributed by atoms with Crippen molar-refractivity contribution in [3.05, 3.63) is 41.7 Å². The molecule has 3 fully saturated rings. The normalized spacial score (nSPS) is 39.0. The van der Waals surface area contributed by atoms with Crippen LogP contribution in [0.4, 0.5) is 0 Å². The minimum absolute atomic E-state index is 0.0357. The smallest absolute Gasteiger partial charge is 0.261 e. The Kier molecular flexibility index (Phi) is 7.22. The molecule has 1 aromatic rings. The third-order valence-corrected chi connectivity index (χ3v) is 10.3. The summed E-state index contributed by atoms with van der Waals surface area (Å²) in [4.78, 5) is 34.1. The van der Waals surface area contributed by atoms with Crippen LogP contribution in [0.25, 0.3) is 0 Å². The maximum atomic E-state index is 12.6. The molecule has 1 amide bonds. The summed E-state index contributed by atoms with van der Waals surface area (Å²) in [6.07, 6.45) is 9.44. The predicted molar refractivity (Wildman–Crippen MR) is 140 cm³/mol. The molecule has 0 spiro atoms. The molecule has 5 rings (SSSR count). The second-order valence-corrected chi connectivity index (χ2v) is 12.1. The van der Waals surface area contributed by atoms with Gasteiger partial charge in [-0.3, -0.25) is 14.6 Å². The van der Waals surface area contributed by atoms with Crippen molar-refractivity contribution in [2.45, 2.75) is 77.0 Å². The number of aliphatic hydroxyl groups excluding tert-OH is 2. The van der Waals surface area contributed by atoms with Crippen LogP contribution in [0.5, 0.6) is 0 Å². The van der Waals surface area contributed by atoms with Gasteiger partial charge in [0.25, 0.3) is 5.91 Å². The van der Waals surface area contributed by atoms with Gasteiger partial charge >= 0.3 is 0 Å². The van der Waals surface area contributed by atoms with Gasteiger partial charge in [-0.25, -0.2) is 0 Å². The van der Waals surface area contributed by atoms with Crippen LogP contribution in [-0.4, -0.2) is 62.6 Å². The summed E-state index contributed by atoms with van der Waals surface area (Å²) in [5, 5.41) is 39.4. The zero-order chi connectivity index (χ0) is 27.1. The highest BCUT2D eigenvalue weighted by Gasteiger charge is 2.68. The number of hydrogen-bond donors (Lipinski definition) is 4. The van der Waals surface area contributed by atoms with Crippen molar-refractivity contribution in [2.75, 3.05) is 13.2 Å². The molecule has 1 aromatic heterocycles. The van der Waals surface area contributed by atoms with Crippen LogP contribution in [0, 0.1) is 28.6 Å². The van der Waals surface area contributed by atoms with Gasteiger partial charge in [-0.2, -0.15) is 0 Å². The van der Waals surface area contributed by atoms with E-state index in [1.165, 1.54) is 5.57 Å². The Balaban J connectivity index is 1.25. The largest absolute Gasteiger partial charge is 0.393 e. The first kappa shape index (κ1) is 27.0. The van der Waals surface area contributed by atoms with E-state index in [1.807, 2.05) is 19.1 Å². The van der Waals surface area contributed by atoms with Gasteiger partial charge in [-0.05, 0) is 91.9 Å². The lowest BCUT2D eigenvalue weighted by Gasteiger charge is -2.60. The van der Waals surface area contributed by atoms with Crippen LogP contribution in [0.3, 0.4) is 0 Å². The highest BCUT2D eigenvalue weighted by Crippen LogP contribution is 2.67. The number of allylic oxidation sites excluding steroid dienone is 2. The van der Waals surface area contributed by atoms with E-state index < -0.39 is 29.5 Å². The molecule has 0 unspecified atom stereocenters. The van der Waals surface area contributed by atoms with Crippen molar-refractivity contribution in [1.29, 1.82) is 0 Å². The molecule has 9 nitrogen and oxygen atoms in total. The number of Topliss-reactive ketones (excluding diaryl/α,β-unsaturated/α-hetero) is 1. The number of fused-ring (bicyclic) bond motifs is 5. The minimum atomic E-state index is -1.58. The van der Waals surface area contributed by atoms with Crippen LogP contribution in [-0.2, 0) is 21.0 Å². The molecular weight excluding hydrogens is 486 g/mol. The van der Waals surface area contributed by atoms with Gasteiger partial charge in [0.15, 0.2) is 12.4 Å². The highest BCUT2D eigenvalue weighted by molar-refractivity contribution is 5.96. The lowest BCUT2D eigenvalue weighted by Crippen LogP contribution is -2.62. The van der Waals surface area contributed by atoms with Crippen LogP contribution >= 0.6 is 0 Å². The zero-order valence-electron chi connectivity index (χ0n) is 22.2. The summed E-state index contributed by atoms with van der Waals surface area (Å²) in [6, 6.07) is 3.68. The van der Waals surface area contributed by atoms with E-state index in [0.29, 0.717) is 25.8 Å². The minimum Gasteiger partial charge on any atom is -0.393 e. The second kappa shape index (κ2) is 10.2. The molecule has 4 N–H and O–H groups in total. The Bertz CT molecular complexity index is 1140. The van der Waals surface area contributed by atoms with E-state index in [0.717, 1.165) is 37.0 Å². The lowest BCUT2D eigenvalue weighted by atomic mass is 9.45. The number of hydrogen-bond acceptors (Lipinski definition) is 8. The first-order valence-corrected chi connectivity index (χ1v) is 13.7. The van der Waals surface area contributed by atoms with E-state index >= 15 is 0 Å². The van der Waals surface area contributed by atoms with Crippen LogP contribution in [0.2, 0.25) is 0 Å². The number of pyridine rings is 1. The number of amides is 1. The molecule has 0 radical (unpaired) electrons. The molecule has 206 valence electrons. The first-order valence-electron chi connectivity index (χ1n) is 13.7. The van der Waals surface area contributed by atoms with Gasteiger partial charge in [-0.1, -0.05) is 24.6 Å². The van der Waals surface area contributed by atoms with Crippen molar-refractivity contribution in [3.8, 4) is 0 Å². The van der Waals surface area contributed by atoms with E-state index in [9.17, 15) is 24.9 Å². The summed E-state index contributed by atoms with van der Waals surface area (Å²) in [6.45, 7) is 3.73. The number of ketones is 1. The third-order valence-electron chi connectivity index (χ3n) is 10.3. The van der Waals surface area contributed by atoms with Crippen LogP contribution < -0.4 is 5.32 Å². The number of nitrogens with zero attached hydrogens (tertiary/aromatic N) is 2. The average molecular weight is 526 g/mol.